The fourth-order valence-electron chi connectivity index (χ4n) is 3.51. The number of hydrogen-bond donors (Lipinski definition) is 1. The first-order chi connectivity index (χ1) is 11.6. The molecule has 0 unspecified atom stereocenters. The summed E-state index contributed by atoms with van der Waals surface area (Å²) in [5.41, 5.74) is 0. The van der Waals surface area contributed by atoms with E-state index in [1.165, 1.54) is 0 Å². The van der Waals surface area contributed by atoms with Crippen molar-refractivity contribution in [2.75, 3.05) is 32.1 Å². The second-order valence-electron chi connectivity index (χ2n) is 6.78. The summed E-state index contributed by atoms with van der Waals surface area (Å²) in [5.74, 6) is 1.37. The predicted octanol–water partition coefficient (Wildman–Crippen LogP) is 1.23. The quantitative estimate of drug-likeness (QED) is 0.828. The fourth-order valence-corrected chi connectivity index (χ4v) is 5.05. The molecule has 0 amide bonds. The Morgan fingerprint density at radius 1 is 1.29 bits per heavy atom. The summed E-state index contributed by atoms with van der Waals surface area (Å²) in [5, 5.41) is 0. The number of aryl methyl sites for hydroxylation is 1. The number of rotatable bonds is 6. The molecule has 3 heterocycles. The van der Waals surface area contributed by atoms with Gasteiger partial charge in [0.15, 0.2) is 0 Å². The fraction of sp³-hybridized carbons (Fsp3) is 0.812. The standard InChI is InChI=1S/C16H27N3O4S/c1-19-7-6-17-16(19)15-14(3-2-8-23-15)11-18-24(20,21)12-13-4-9-22-10-5-13/h6-7,13-15,18H,2-5,8-12H2,1H3/t14-,15+/m0/s1. The Bertz CT molecular complexity index is 625. The smallest absolute Gasteiger partial charge is 0.211 e. The molecule has 7 nitrogen and oxygen atoms in total. The van der Waals surface area contributed by atoms with Gasteiger partial charge in [-0.3, -0.25) is 0 Å². The zero-order valence-corrected chi connectivity index (χ0v) is 15.0. The Labute approximate surface area is 143 Å². The highest BCUT2D eigenvalue weighted by atomic mass is 32.2. The van der Waals surface area contributed by atoms with Gasteiger partial charge in [0.05, 0.1) is 5.75 Å². The third-order valence-electron chi connectivity index (χ3n) is 4.92. The molecule has 2 atom stereocenters. The lowest BCUT2D eigenvalue weighted by atomic mass is 9.94. The van der Waals surface area contributed by atoms with E-state index in [4.69, 9.17) is 9.47 Å². The van der Waals surface area contributed by atoms with E-state index in [9.17, 15) is 8.42 Å². The lowest BCUT2D eigenvalue weighted by molar-refractivity contribution is -0.0328. The van der Waals surface area contributed by atoms with Crippen LogP contribution in [0.2, 0.25) is 0 Å². The number of imidazole rings is 1. The molecule has 24 heavy (non-hydrogen) atoms. The van der Waals surface area contributed by atoms with Gasteiger partial charge >= 0.3 is 0 Å². The van der Waals surface area contributed by atoms with Gasteiger partial charge in [-0.1, -0.05) is 0 Å². The van der Waals surface area contributed by atoms with Crippen molar-refractivity contribution >= 4 is 10.0 Å². The van der Waals surface area contributed by atoms with E-state index in [-0.39, 0.29) is 23.7 Å². The van der Waals surface area contributed by atoms with Gasteiger partial charge in [-0.05, 0) is 31.6 Å². The van der Waals surface area contributed by atoms with Gasteiger partial charge in [0, 0.05) is 51.7 Å². The van der Waals surface area contributed by atoms with Crippen LogP contribution in [0.4, 0.5) is 0 Å². The van der Waals surface area contributed by atoms with Crippen LogP contribution in [0.25, 0.3) is 0 Å². The predicted molar refractivity (Wildman–Crippen MR) is 90.0 cm³/mol. The number of hydrogen-bond acceptors (Lipinski definition) is 5. The molecule has 2 saturated heterocycles. The Morgan fingerprint density at radius 2 is 2.08 bits per heavy atom. The molecular weight excluding hydrogens is 330 g/mol. The van der Waals surface area contributed by atoms with Crippen LogP contribution in [0, 0.1) is 11.8 Å². The van der Waals surface area contributed by atoms with Crippen molar-refractivity contribution in [1.82, 2.24) is 14.3 Å². The molecular formula is C16H27N3O4S. The topological polar surface area (TPSA) is 82.5 Å². The van der Waals surface area contributed by atoms with E-state index in [0.29, 0.717) is 26.4 Å². The molecule has 0 bridgehead atoms. The first-order valence-electron chi connectivity index (χ1n) is 8.69. The maximum Gasteiger partial charge on any atom is 0.211 e. The molecule has 136 valence electrons. The third-order valence-corrected chi connectivity index (χ3v) is 6.44. The molecule has 8 heteroatoms. The number of ether oxygens (including phenoxy) is 2. The van der Waals surface area contributed by atoms with E-state index in [1.54, 1.807) is 6.20 Å². The van der Waals surface area contributed by atoms with Gasteiger partial charge in [0.25, 0.3) is 0 Å². The largest absolute Gasteiger partial charge is 0.381 e. The maximum atomic E-state index is 12.4. The highest BCUT2D eigenvalue weighted by Crippen LogP contribution is 2.32. The molecule has 0 spiro atoms. The summed E-state index contributed by atoms with van der Waals surface area (Å²) in [7, 11) is -1.33. The summed E-state index contributed by atoms with van der Waals surface area (Å²) in [6.07, 6.45) is 7.03. The van der Waals surface area contributed by atoms with Crippen molar-refractivity contribution in [3.8, 4) is 0 Å². The molecule has 1 aromatic rings. The highest BCUT2D eigenvalue weighted by Gasteiger charge is 2.31. The summed E-state index contributed by atoms with van der Waals surface area (Å²) < 4.78 is 40.7. The zero-order chi connectivity index (χ0) is 17.0. The molecule has 0 radical (unpaired) electrons. The van der Waals surface area contributed by atoms with Crippen molar-refractivity contribution in [2.24, 2.45) is 18.9 Å². The van der Waals surface area contributed by atoms with Crippen LogP contribution < -0.4 is 4.72 Å². The summed E-state index contributed by atoms with van der Waals surface area (Å²) in [6, 6.07) is 0. The minimum absolute atomic E-state index is 0.115. The van der Waals surface area contributed by atoms with Crippen molar-refractivity contribution in [3.05, 3.63) is 18.2 Å². The lowest BCUT2D eigenvalue weighted by Gasteiger charge is -2.31. The van der Waals surface area contributed by atoms with Gasteiger partial charge in [0.1, 0.15) is 11.9 Å². The molecule has 1 aromatic heterocycles. The van der Waals surface area contributed by atoms with Crippen molar-refractivity contribution < 1.29 is 17.9 Å². The molecule has 2 aliphatic rings. The third kappa shape index (κ3) is 4.56. The molecule has 3 rings (SSSR count). The van der Waals surface area contributed by atoms with Gasteiger partial charge < -0.3 is 14.0 Å². The van der Waals surface area contributed by atoms with Gasteiger partial charge in [-0.25, -0.2) is 18.1 Å². The van der Waals surface area contributed by atoms with Crippen LogP contribution >= 0.6 is 0 Å². The molecule has 0 aromatic carbocycles. The second-order valence-corrected chi connectivity index (χ2v) is 8.63. The van der Waals surface area contributed by atoms with Crippen molar-refractivity contribution in [1.29, 1.82) is 0 Å². The van der Waals surface area contributed by atoms with E-state index in [1.807, 2.05) is 17.8 Å². The molecule has 0 saturated carbocycles. The minimum atomic E-state index is -3.27. The summed E-state index contributed by atoms with van der Waals surface area (Å²) in [4.78, 5) is 4.37. The zero-order valence-electron chi connectivity index (χ0n) is 14.2. The van der Waals surface area contributed by atoms with E-state index >= 15 is 0 Å². The first-order valence-corrected chi connectivity index (χ1v) is 10.3. The Balaban J connectivity index is 1.58. The monoisotopic (exact) mass is 357 g/mol. The highest BCUT2D eigenvalue weighted by molar-refractivity contribution is 7.89. The number of sulfonamides is 1. The number of aromatic nitrogens is 2. The van der Waals surface area contributed by atoms with E-state index in [2.05, 4.69) is 9.71 Å². The van der Waals surface area contributed by atoms with Crippen LogP contribution in [0.3, 0.4) is 0 Å². The molecule has 0 aliphatic carbocycles. The number of nitrogens with zero attached hydrogens (tertiary/aromatic N) is 2. The van der Waals surface area contributed by atoms with Gasteiger partial charge in [-0.2, -0.15) is 0 Å². The van der Waals surface area contributed by atoms with Gasteiger partial charge in [0.2, 0.25) is 10.0 Å². The minimum Gasteiger partial charge on any atom is -0.381 e. The van der Waals surface area contributed by atoms with Crippen LogP contribution in [0.5, 0.6) is 0 Å². The summed E-state index contributed by atoms with van der Waals surface area (Å²) >= 11 is 0. The molecule has 2 fully saturated rings. The maximum absolute atomic E-state index is 12.4. The van der Waals surface area contributed by atoms with Crippen molar-refractivity contribution in [3.63, 3.8) is 0 Å². The normalized spacial score (nSPS) is 26.5. The van der Waals surface area contributed by atoms with Crippen LogP contribution in [0.1, 0.15) is 37.6 Å². The van der Waals surface area contributed by atoms with Crippen LogP contribution in [-0.2, 0) is 26.5 Å². The first kappa shape index (κ1) is 17.8. The second kappa shape index (κ2) is 7.95. The Hall–Kier alpha value is -0.960. The SMILES string of the molecule is Cn1ccnc1[C@@H]1OCCC[C@H]1CNS(=O)(=O)CC1CCOCC1. The summed E-state index contributed by atoms with van der Waals surface area (Å²) in [6.45, 7) is 2.43. The lowest BCUT2D eigenvalue weighted by Crippen LogP contribution is -2.38. The Kier molecular flexibility index (Phi) is 5.91. The van der Waals surface area contributed by atoms with Crippen molar-refractivity contribution in [2.45, 2.75) is 31.8 Å². The van der Waals surface area contributed by atoms with Crippen LogP contribution in [0.15, 0.2) is 12.4 Å². The molecule has 2 aliphatic heterocycles. The average molecular weight is 357 g/mol. The number of nitrogens with one attached hydrogen (secondary N) is 1. The average Bonchev–Trinajstić information content (AvgIpc) is 3.00. The van der Waals surface area contributed by atoms with E-state index < -0.39 is 10.0 Å². The molecule has 1 N–H and O–H groups in total. The van der Waals surface area contributed by atoms with Crippen LogP contribution in [-0.4, -0.2) is 50.1 Å². The van der Waals surface area contributed by atoms with Gasteiger partial charge in [-0.15, -0.1) is 0 Å². The van der Waals surface area contributed by atoms with E-state index in [0.717, 1.165) is 31.5 Å². The Morgan fingerprint density at radius 3 is 2.79 bits per heavy atom.